The Morgan fingerprint density at radius 1 is 1.37 bits per heavy atom. The fourth-order valence-corrected chi connectivity index (χ4v) is 2.41. The molecule has 1 fully saturated rings. The van der Waals surface area contributed by atoms with Crippen LogP contribution in [-0.4, -0.2) is 17.5 Å². The maximum Gasteiger partial charge on any atom is 0.266 e. The van der Waals surface area contributed by atoms with Gasteiger partial charge in [-0.2, -0.15) is 0 Å². The first kappa shape index (κ1) is 14.0. The fourth-order valence-electron chi connectivity index (χ4n) is 2.41. The lowest BCUT2D eigenvalue weighted by molar-refractivity contribution is 0.0720. The minimum Gasteiger partial charge on any atom is -0.375 e. The van der Waals surface area contributed by atoms with E-state index in [1.807, 2.05) is 0 Å². The molecule has 0 unspecified atom stereocenters. The van der Waals surface area contributed by atoms with Crippen molar-refractivity contribution in [1.29, 1.82) is 0 Å². The van der Waals surface area contributed by atoms with Gasteiger partial charge in [0.05, 0.1) is 17.9 Å². The van der Waals surface area contributed by atoms with Gasteiger partial charge >= 0.3 is 0 Å². The summed E-state index contributed by atoms with van der Waals surface area (Å²) in [4.78, 5) is 15.4. The number of pyridine rings is 1. The highest BCUT2D eigenvalue weighted by Gasteiger charge is 2.13. The Balaban J connectivity index is 1.75. The minimum atomic E-state index is -0.331. The van der Waals surface area contributed by atoms with Crippen LogP contribution in [0.25, 0.3) is 0 Å². The van der Waals surface area contributed by atoms with Crippen molar-refractivity contribution in [3.63, 3.8) is 0 Å². The molecule has 19 heavy (non-hydrogen) atoms. The highest BCUT2D eigenvalue weighted by molar-refractivity contribution is 5.93. The lowest BCUT2D eigenvalue weighted by atomic mass is 9.90. The Labute approximate surface area is 113 Å². The zero-order chi connectivity index (χ0) is 13.5. The van der Waals surface area contributed by atoms with Crippen LogP contribution in [0.15, 0.2) is 18.3 Å². The number of nitrogens with two attached hydrogens (primary N) is 1. The number of ether oxygens (including phenoxy) is 1. The van der Waals surface area contributed by atoms with Gasteiger partial charge in [0.2, 0.25) is 0 Å². The van der Waals surface area contributed by atoms with E-state index in [-0.39, 0.29) is 5.91 Å². The molecule has 1 aromatic rings. The van der Waals surface area contributed by atoms with Crippen LogP contribution in [0.3, 0.4) is 0 Å². The maximum atomic E-state index is 11.2. The zero-order valence-electron chi connectivity index (χ0n) is 11.1. The fraction of sp³-hybridized carbons (Fsp3) is 0.571. The molecule has 1 heterocycles. The number of carbonyl (C=O) groups is 1. The van der Waals surface area contributed by atoms with Crippen LogP contribution in [-0.2, 0) is 11.3 Å². The molecule has 3 N–H and O–H groups in total. The van der Waals surface area contributed by atoms with E-state index >= 15 is 0 Å². The number of nitrogen functional groups attached to an aromatic ring is 1. The summed E-state index contributed by atoms with van der Waals surface area (Å²) in [5.41, 5.74) is 3.37. The quantitative estimate of drug-likeness (QED) is 0.482. The second-order valence-electron chi connectivity index (χ2n) is 5.03. The minimum absolute atomic E-state index is 0.331. The number of aromatic nitrogens is 1. The largest absolute Gasteiger partial charge is 0.375 e. The van der Waals surface area contributed by atoms with E-state index in [1.165, 1.54) is 38.3 Å². The van der Waals surface area contributed by atoms with Crippen molar-refractivity contribution >= 4 is 5.91 Å². The van der Waals surface area contributed by atoms with E-state index in [0.29, 0.717) is 18.1 Å². The Hall–Kier alpha value is -1.46. The first-order valence-electron chi connectivity index (χ1n) is 6.83. The third-order valence-electron chi connectivity index (χ3n) is 3.55. The van der Waals surface area contributed by atoms with Crippen LogP contribution in [0.5, 0.6) is 0 Å². The Bertz CT molecular complexity index is 400. The monoisotopic (exact) mass is 263 g/mol. The van der Waals surface area contributed by atoms with Crippen LogP contribution < -0.4 is 11.3 Å². The van der Waals surface area contributed by atoms with E-state index in [0.717, 1.165) is 12.3 Å². The molecule has 0 aromatic carbocycles. The number of hydrogen-bond acceptors (Lipinski definition) is 4. The molecule has 1 amide bonds. The molecule has 0 aliphatic heterocycles. The van der Waals surface area contributed by atoms with Gasteiger partial charge in [-0.15, -0.1) is 0 Å². The van der Waals surface area contributed by atoms with Crippen molar-refractivity contribution in [2.45, 2.75) is 38.7 Å². The second-order valence-corrected chi connectivity index (χ2v) is 5.03. The van der Waals surface area contributed by atoms with Crippen LogP contribution in [0.1, 0.15) is 48.2 Å². The predicted molar refractivity (Wildman–Crippen MR) is 72.1 cm³/mol. The van der Waals surface area contributed by atoms with E-state index in [1.54, 1.807) is 12.1 Å². The average Bonchev–Trinajstić information content (AvgIpc) is 2.48. The van der Waals surface area contributed by atoms with Gasteiger partial charge in [0.1, 0.15) is 0 Å². The summed E-state index contributed by atoms with van der Waals surface area (Å²) in [5, 5.41) is 0. The second kappa shape index (κ2) is 7.21. The van der Waals surface area contributed by atoms with E-state index < -0.39 is 0 Å². The zero-order valence-corrected chi connectivity index (χ0v) is 11.1. The maximum absolute atomic E-state index is 11.2. The Morgan fingerprint density at radius 3 is 2.79 bits per heavy atom. The SMILES string of the molecule is NNC(=O)c1ccc(COCC2CCCCC2)nc1. The van der Waals surface area contributed by atoms with Crippen LogP contribution in [0.2, 0.25) is 0 Å². The van der Waals surface area contributed by atoms with Crippen LogP contribution in [0.4, 0.5) is 0 Å². The van der Waals surface area contributed by atoms with Crippen LogP contribution in [0, 0.1) is 5.92 Å². The van der Waals surface area contributed by atoms with Gasteiger partial charge in [0.25, 0.3) is 5.91 Å². The topological polar surface area (TPSA) is 77.2 Å². The Kier molecular flexibility index (Phi) is 5.30. The molecule has 0 spiro atoms. The third kappa shape index (κ3) is 4.29. The summed E-state index contributed by atoms with van der Waals surface area (Å²) in [6, 6.07) is 3.50. The molecule has 0 radical (unpaired) electrons. The number of nitrogens with zero attached hydrogens (tertiary/aromatic N) is 1. The van der Waals surface area contributed by atoms with Gasteiger partial charge in [0.15, 0.2) is 0 Å². The Morgan fingerprint density at radius 2 is 2.16 bits per heavy atom. The van der Waals surface area contributed by atoms with Crippen molar-refractivity contribution < 1.29 is 9.53 Å². The predicted octanol–water partition coefficient (Wildman–Crippen LogP) is 1.78. The first-order chi connectivity index (χ1) is 9.29. The van der Waals surface area contributed by atoms with Gasteiger partial charge in [-0.25, -0.2) is 5.84 Å². The molecule has 104 valence electrons. The molecule has 1 aromatic heterocycles. The van der Waals surface area contributed by atoms with Crippen LogP contribution >= 0.6 is 0 Å². The van der Waals surface area contributed by atoms with E-state index in [2.05, 4.69) is 10.4 Å². The lowest BCUT2D eigenvalue weighted by Crippen LogP contribution is -2.30. The number of hydrogen-bond donors (Lipinski definition) is 2. The molecule has 0 atom stereocenters. The van der Waals surface area contributed by atoms with Crippen molar-refractivity contribution in [3.05, 3.63) is 29.6 Å². The van der Waals surface area contributed by atoms with Crippen molar-refractivity contribution in [1.82, 2.24) is 10.4 Å². The van der Waals surface area contributed by atoms with Gasteiger partial charge in [0, 0.05) is 12.8 Å². The number of hydrazine groups is 1. The molecule has 5 heteroatoms. The average molecular weight is 263 g/mol. The van der Waals surface area contributed by atoms with Crippen molar-refractivity contribution in [2.24, 2.45) is 11.8 Å². The van der Waals surface area contributed by atoms with Gasteiger partial charge < -0.3 is 4.74 Å². The smallest absolute Gasteiger partial charge is 0.266 e. The normalized spacial score (nSPS) is 16.3. The molecular formula is C14H21N3O2. The van der Waals surface area contributed by atoms with Gasteiger partial charge in [-0.05, 0) is 30.9 Å². The first-order valence-corrected chi connectivity index (χ1v) is 6.83. The molecule has 0 saturated heterocycles. The van der Waals surface area contributed by atoms with Crippen molar-refractivity contribution in [3.8, 4) is 0 Å². The third-order valence-corrected chi connectivity index (χ3v) is 3.55. The molecule has 2 rings (SSSR count). The molecule has 1 aliphatic rings. The summed E-state index contributed by atoms with van der Waals surface area (Å²) < 4.78 is 5.70. The highest BCUT2D eigenvalue weighted by atomic mass is 16.5. The van der Waals surface area contributed by atoms with E-state index in [9.17, 15) is 4.79 Å². The molecule has 1 saturated carbocycles. The van der Waals surface area contributed by atoms with E-state index in [4.69, 9.17) is 10.6 Å². The standard InChI is InChI=1S/C14H21N3O2/c15-17-14(18)12-6-7-13(16-8-12)10-19-9-11-4-2-1-3-5-11/h6-8,11H,1-5,9-10,15H2,(H,17,18). The summed E-state index contributed by atoms with van der Waals surface area (Å²) >= 11 is 0. The summed E-state index contributed by atoms with van der Waals surface area (Å²) in [6.45, 7) is 1.31. The summed E-state index contributed by atoms with van der Waals surface area (Å²) in [7, 11) is 0. The molecule has 5 nitrogen and oxygen atoms in total. The molecular weight excluding hydrogens is 242 g/mol. The number of nitrogens with one attached hydrogen (secondary N) is 1. The summed E-state index contributed by atoms with van der Waals surface area (Å²) in [5.74, 6) is 5.43. The van der Waals surface area contributed by atoms with Gasteiger partial charge in [-0.3, -0.25) is 15.2 Å². The molecule has 1 aliphatic carbocycles. The number of amides is 1. The molecule has 0 bridgehead atoms. The summed E-state index contributed by atoms with van der Waals surface area (Å²) in [6.07, 6.45) is 8.10. The van der Waals surface area contributed by atoms with Crippen molar-refractivity contribution in [2.75, 3.05) is 6.61 Å². The van der Waals surface area contributed by atoms with Gasteiger partial charge in [-0.1, -0.05) is 19.3 Å². The number of rotatable bonds is 5. The number of carbonyl (C=O) groups excluding carboxylic acids is 1. The lowest BCUT2D eigenvalue weighted by Gasteiger charge is -2.21. The highest BCUT2D eigenvalue weighted by Crippen LogP contribution is 2.23.